The zero-order chi connectivity index (χ0) is 12.0. The number of hydrogen-bond acceptors (Lipinski definition) is 0. The predicted octanol–water partition coefficient (Wildman–Crippen LogP) is 5.44. The monoisotopic (exact) mass is 346 g/mol. The van der Waals surface area contributed by atoms with Gasteiger partial charge in [0.05, 0.1) is 0 Å². The van der Waals surface area contributed by atoms with Crippen molar-refractivity contribution in [1.82, 2.24) is 0 Å². The van der Waals surface area contributed by atoms with Gasteiger partial charge in [-0.05, 0) is 29.9 Å². The Hall–Kier alpha value is 0.180. The summed E-state index contributed by atoms with van der Waals surface area (Å²) < 4.78 is 1.24. The van der Waals surface area contributed by atoms with Gasteiger partial charge in [-0.25, -0.2) is 0 Å². The number of halogens is 2. The Balaban J connectivity index is 2.66. The molecule has 0 spiro atoms. The van der Waals surface area contributed by atoms with Crippen LogP contribution in [-0.2, 0) is 6.42 Å². The normalized spacial score (nSPS) is 14.8. The van der Waals surface area contributed by atoms with Gasteiger partial charge in [0.15, 0.2) is 0 Å². The fourth-order valence-corrected chi connectivity index (χ4v) is 3.36. The molecule has 0 saturated carbocycles. The van der Waals surface area contributed by atoms with Crippen molar-refractivity contribution >= 4 is 31.9 Å². The minimum atomic E-state index is 0.735. The summed E-state index contributed by atoms with van der Waals surface area (Å²) in [6.07, 6.45) is 3.76. The van der Waals surface area contributed by atoms with Gasteiger partial charge in [-0.15, -0.1) is 0 Å². The van der Waals surface area contributed by atoms with E-state index in [-0.39, 0.29) is 0 Å². The Kier molecular flexibility index (Phi) is 6.67. The molecule has 0 heterocycles. The van der Waals surface area contributed by atoms with E-state index >= 15 is 0 Å². The van der Waals surface area contributed by atoms with E-state index in [2.05, 4.69) is 70.0 Å². The highest BCUT2D eigenvalue weighted by Crippen LogP contribution is 2.26. The van der Waals surface area contributed by atoms with E-state index in [1.165, 1.54) is 22.9 Å². The number of alkyl halides is 1. The van der Waals surface area contributed by atoms with Crippen molar-refractivity contribution in [3.8, 4) is 0 Å². The summed E-state index contributed by atoms with van der Waals surface area (Å²) in [6, 6.07) is 8.55. The van der Waals surface area contributed by atoms with Crippen molar-refractivity contribution in [2.45, 2.75) is 33.1 Å². The molecule has 2 unspecified atom stereocenters. The van der Waals surface area contributed by atoms with E-state index in [0.717, 1.165) is 23.6 Å². The molecule has 0 aliphatic carbocycles. The molecule has 0 aliphatic heterocycles. The summed E-state index contributed by atoms with van der Waals surface area (Å²) in [5, 5.41) is 1.09. The summed E-state index contributed by atoms with van der Waals surface area (Å²) >= 11 is 7.28. The zero-order valence-corrected chi connectivity index (χ0v) is 13.2. The number of hydrogen-bond donors (Lipinski definition) is 0. The van der Waals surface area contributed by atoms with E-state index in [1.54, 1.807) is 0 Å². The molecule has 2 heteroatoms. The van der Waals surface area contributed by atoms with Crippen LogP contribution < -0.4 is 0 Å². The highest BCUT2D eigenvalue weighted by Gasteiger charge is 2.16. The van der Waals surface area contributed by atoms with Crippen LogP contribution in [0, 0.1) is 11.8 Å². The Bertz CT molecular complexity index is 309. The van der Waals surface area contributed by atoms with Gasteiger partial charge in [0, 0.05) is 9.80 Å². The second-order valence-corrected chi connectivity index (χ2v) is 5.98. The minimum Gasteiger partial charge on any atom is -0.0925 e. The quantitative estimate of drug-likeness (QED) is 0.601. The third kappa shape index (κ3) is 4.21. The van der Waals surface area contributed by atoms with Crippen LogP contribution in [0.15, 0.2) is 28.7 Å². The van der Waals surface area contributed by atoms with Crippen LogP contribution in [0.25, 0.3) is 0 Å². The zero-order valence-electron chi connectivity index (χ0n) is 10.0. The minimum absolute atomic E-state index is 0.735. The lowest BCUT2D eigenvalue weighted by Gasteiger charge is -2.22. The van der Waals surface area contributed by atoms with Crippen LogP contribution in [0.4, 0.5) is 0 Å². The summed E-state index contributed by atoms with van der Waals surface area (Å²) in [7, 11) is 0. The second kappa shape index (κ2) is 7.50. The van der Waals surface area contributed by atoms with E-state index in [0.29, 0.717) is 0 Å². The molecule has 1 aromatic carbocycles. The lowest BCUT2D eigenvalue weighted by atomic mass is 9.87. The molecular formula is C14H20Br2. The first-order chi connectivity index (χ1) is 7.69. The van der Waals surface area contributed by atoms with Crippen LogP contribution in [0.1, 0.15) is 32.3 Å². The SMILES string of the molecule is CCCC(C)C(CBr)Cc1ccccc1Br. The van der Waals surface area contributed by atoms with Crippen LogP contribution in [-0.4, -0.2) is 5.33 Å². The Morgan fingerprint density at radius 2 is 1.94 bits per heavy atom. The van der Waals surface area contributed by atoms with Crippen LogP contribution in [0.5, 0.6) is 0 Å². The summed E-state index contributed by atoms with van der Waals surface area (Å²) in [6.45, 7) is 4.63. The van der Waals surface area contributed by atoms with Gasteiger partial charge in [-0.1, -0.05) is 76.7 Å². The van der Waals surface area contributed by atoms with E-state index in [9.17, 15) is 0 Å². The molecule has 1 rings (SSSR count). The number of rotatable bonds is 6. The van der Waals surface area contributed by atoms with Crippen LogP contribution >= 0.6 is 31.9 Å². The van der Waals surface area contributed by atoms with Crippen molar-refractivity contribution < 1.29 is 0 Å². The maximum Gasteiger partial charge on any atom is 0.0207 e. The van der Waals surface area contributed by atoms with Gasteiger partial charge < -0.3 is 0 Å². The van der Waals surface area contributed by atoms with Crippen LogP contribution in [0.2, 0.25) is 0 Å². The summed E-state index contributed by atoms with van der Waals surface area (Å²) in [5.41, 5.74) is 1.43. The first-order valence-electron chi connectivity index (χ1n) is 5.98. The molecule has 0 nitrogen and oxygen atoms in total. The molecule has 2 atom stereocenters. The fourth-order valence-electron chi connectivity index (χ4n) is 2.05. The molecule has 0 N–H and O–H groups in total. The largest absolute Gasteiger partial charge is 0.0925 e. The van der Waals surface area contributed by atoms with Crippen LogP contribution in [0.3, 0.4) is 0 Å². The average molecular weight is 348 g/mol. The summed E-state index contributed by atoms with van der Waals surface area (Å²) in [4.78, 5) is 0. The maximum absolute atomic E-state index is 3.65. The molecule has 1 aromatic rings. The predicted molar refractivity (Wildman–Crippen MR) is 79.2 cm³/mol. The third-order valence-corrected chi connectivity index (χ3v) is 4.79. The topological polar surface area (TPSA) is 0 Å². The van der Waals surface area contributed by atoms with E-state index in [4.69, 9.17) is 0 Å². The van der Waals surface area contributed by atoms with Gasteiger partial charge in [0.2, 0.25) is 0 Å². The van der Waals surface area contributed by atoms with Crippen molar-refractivity contribution in [2.24, 2.45) is 11.8 Å². The van der Waals surface area contributed by atoms with E-state index < -0.39 is 0 Å². The lowest BCUT2D eigenvalue weighted by Crippen LogP contribution is -2.16. The molecular weight excluding hydrogens is 328 g/mol. The number of benzene rings is 1. The fraction of sp³-hybridized carbons (Fsp3) is 0.571. The first-order valence-corrected chi connectivity index (χ1v) is 7.89. The molecule has 0 amide bonds. The Labute approximate surface area is 116 Å². The standard InChI is InChI=1S/C14H20Br2/c1-3-6-11(2)13(10-15)9-12-7-4-5-8-14(12)16/h4-5,7-8,11,13H,3,6,9-10H2,1-2H3. The molecule has 0 radical (unpaired) electrons. The van der Waals surface area contributed by atoms with Gasteiger partial charge in [0.25, 0.3) is 0 Å². The average Bonchev–Trinajstić information content (AvgIpc) is 2.28. The van der Waals surface area contributed by atoms with E-state index in [1.807, 2.05) is 0 Å². The third-order valence-electron chi connectivity index (χ3n) is 3.19. The molecule has 0 aromatic heterocycles. The van der Waals surface area contributed by atoms with Gasteiger partial charge in [-0.3, -0.25) is 0 Å². The van der Waals surface area contributed by atoms with Crippen molar-refractivity contribution in [1.29, 1.82) is 0 Å². The van der Waals surface area contributed by atoms with Crippen molar-refractivity contribution in [3.63, 3.8) is 0 Å². The molecule has 0 fully saturated rings. The van der Waals surface area contributed by atoms with Gasteiger partial charge in [-0.2, -0.15) is 0 Å². The Morgan fingerprint density at radius 1 is 1.25 bits per heavy atom. The van der Waals surface area contributed by atoms with Gasteiger partial charge >= 0.3 is 0 Å². The Morgan fingerprint density at radius 3 is 2.50 bits per heavy atom. The van der Waals surface area contributed by atoms with Crippen molar-refractivity contribution in [2.75, 3.05) is 5.33 Å². The highest BCUT2D eigenvalue weighted by molar-refractivity contribution is 9.10. The van der Waals surface area contributed by atoms with Gasteiger partial charge in [0.1, 0.15) is 0 Å². The molecule has 0 bridgehead atoms. The maximum atomic E-state index is 3.65. The molecule has 90 valence electrons. The first kappa shape index (κ1) is 14.2. The second-order valence-electron chi connectivity index (χ2n) is 4.48. The highest BCUT2D eigenvalue weighted by atomic mass is 79.9. The molecule has 0 aliphatic rings. The summed E-state index contributed by atoms with van der Waals surface area (Å²) in [5.74, 6) is 1.52. The smallest absolute Gasteiger partial charge is 0.0207 e. The lowest BCUT2D eigenvalue weighted by molar-refractivity contribution is 0.367. The molecule has 16 heavy (non-hydrogen) atoms. The van der Waals surface area contributed by atoms with Crippen molar-refractivity contribution in [3.05, 3.63) is 34.3 Å². The molecule has 0 saturated heterocycles.